The molecule has 3 aromatic carbocycles. The molecule has 3 aromatic rings. The third-order valence-electron chi connectivity index (χ3n) is 5.99. The molecule has 4 rings (SSSR count). The molecular formula is C26H26N2O3. The lowest BCUT2D eigenvalue weighted by molar-refractivity contribution is -0.137. The number of carbonyl (C=O) groups excluding carboxylic acids is 2. The van der Waals surface area contributed by atoms with Crippen molar-refractivity contribution < 1.29 is 14.3 Å². The molecule has 1 aliphatic rings. The van der Waals surface area contributed by atoms with Gasteiger partial charge in [-0.05, 0) is 61.7 Å². The highest BCUT2D eigenvalue weighted by Gasteiger charge is 2.58. The molecule has 1 N–H and O–H groups in total. The lowest BCUT2D eigenvalue weighted by Crippen LogP contribution is -2.67. The maximum absolute atomic E-state index is 13.8. The summed E-state index contributed by atoms with van der Waals surface area (Å²) in [4.78, 5) is 28.3. The van der Waals surface area contributed by atoms with Crippen molar-refractivity contribution in [2.75, 3.05) is 17.3 Å². The van der Waals surface area contributed by atoms with Gasteiger partial charge in [-0.3, -0.25) is 14.5 Å². The first-order valence-electron chi connectivity index (χ1n) is 10.3. The van der Waals surface area contributed by atoms with E-state index in [1.54, 1.807) is 12.0 Å². The zero-order valence-electron chi connectivity index (χ0n) is 18.2. The van der Waals surface area contributed by atoms with Crippen LogP contribution in [0.4, 0.5) is 11.4 Å². The Bertz CT molecular complexity index is 1120. The number of aryl methyl sites for hydroxylation is 3. The molecule has 158 valence electrons. The molecule has 31 heavy (non-hydrogen) atoms. The minimum atomic E-state index is -1.13. The van der Waals surface area contributed by atoms with Gasteiger partial charge >= 0.3 is 0 Å². The molecule has 1 fully saturated rings. The highest BCUT2D eigenvalue weighted by Crippen LogP contribution is 2.46. The zero-order chi connectivity index (χ0) is 22.2. The summed E-state index contributed by atoms with van der Waals surface area (Å²) in [6.07, 6.45) is 0.101. The van der Waals surface area contributed by atoms with Crippen LogP contribution in [-0.2, 0) is 15.1 Å². The molecule has 0 aliphatic carbocycles. The summed E-state index contributed by atoms with van der Waals surface area (Å²) in [6.45, 7) is 5.92. The van der Waals surface area contributed by atoms with Crippen molar-refractivity contribution >= 4 is 23.2 Å². The minimum Gasteiger partial charge on any atom is -0.497 e. The maximum atomic E-state index is 13.8. The van der Waals surface area contributed by atoms with E-state index < -0.39 is 5.54 Å². The number of benzene rings is 3. The number of hydrogen-bond acceptors (Lipinski definition) is 3. The van der Waals surface area contributed by atoms with E-state index in [1.165, 1.54) is 0 Å². The Labute approximate surface area is 182 Å². The standard InChI is InChI=1S/C26H26N2O3/c1-17-8-12-21(13-9-17)28-23(29)16-26(28,20-10-14-22(31-4)15-11-20)25(30)27-24-18(2)6-5-7-19(24)3/h5-15H,16H2,1-4H3,(H,27,30). The molecule has 1 atom stereocenters. The van der Waals surface area contributed by atoms with Gasteiger partial charge in [0.1, 0.15) is 5.75 Å². The van der Waals surface area contributed by atoms with E-state index >= 15 is 0 Å². The average molecular weight is 415 g/mol. The van der Waals surface area contributed by atoms with E-state index in [-0.39, 0.29) is 18.2 Å². The fraction of sp³-hybridized carbons (Fsp3) is 0.231. The Kier molecular flexibility index (Phi) is 5.27. The fourth-order valence-corrected chi connectivity index (χ4v) is 4.20. The lowest BCUT2D eigenvalue weighted by Gasteiger charge is -2.50. The molecule has 1 aliphatic heterocycles. The number of ether oxygens (including phenoxy) is 1. The van der Waals surface area contributed by atoms with Crippen molar-refractivity contribution in [1.82, 2.24) is 0 Å². The van der Waals surface area contributed by atoms with Crippen LogP contribution >= 0.6 is 0 Å². The summed E-state index contributed by atoms with van der Waals surface area (Å²) < 4.78 is 5.29. The summed E-state index contributed by atoms with van der Waals surface area (Å²) >= 11 is 0. The quantitative estimate of drug-likeness (QED) is 0.605. The number of rotatable bonds is 5. The van der Waals surface area contributed by atoms with E-state index in [0.717, 1.165) is 27.9 Å². The number of para-hydroxylation sites is 1. The predicted molar refractivity (Wildman–Crippen MR) is 122 cm³/mol. The van der Waals surface area contributed by atoms with Crippen molar-refractivity contribution in [1.29, 1.82) is 0 Å². The van der Waals surface area contributed by atoms with Gasteiger partial charge in [0.2, 0.25) is 5.91 Å². The monoisotopic (exact) mass is 414 g/mol. The summed E-state index contributed by atoms with van der Waals surface area (Å²) in [5.41, 5.74) is 4.14. The van der Waals surface area contributed by atoms with Gasteiger partial charge in [0, 0.05) is 11.4 Å². The number of carbonyl (C=O) groups is 2. The van der Waals surface area contributed by atoms with Gasteiger partial charge in [-0.25, -0.2) is 0 Å². The minimum absolute atomic E-state index is 0.0867. The van der Waals surface area contributed by atoms with Gasteiger partial charge in [-0.15, -0.1) is 0 Å². The van der Waals surface area contributed by atoms with Gasteiger partial charge in [0.15, 0.2) is 5.54 Å². The van der Waals surface area contributed by atoms with Gasteiger partial charge < -0.3 is 10.1 Å². The predicted octanol–water partition coefficient (Wildman–Crippen LogP) is 4.89. The van der Waals surface area contributed by atoms with E-state index in [0.29, 0.717) is 11.4 Å². The van der Waals surface area contributed by atoms with E-state index in [9.17, 15) is 9.59 Å². The molecule has 0 aromatic heterocycles. The van der Waals surface area contributed by atoms with E-state index in [1.807, 2.05) is 87.5 Å². The van der Waals surface area contributed by atoms with Crippen LogP contribution < -0.4 is 15.0 Å². The highest BCUT2D eigenvalue weighted by atomic mass is 16.5. The van der Waals surface area contributed by atoms with Crippen LogP contribution in [0.3, 0.4) is 0 Å². The molecule has 5 heteroatoms. The normalized spacial score (nSPS) is 17.8. The second kappa shape index (κ2) is 7.91. The molecular weight excluding hydrogens is 388 g/mol. The number of β-lactam (4-membered cyclic amide) rings is 1. The van der Waals surface area contributed by atoms with Crippen molar-refractivity contribution in [3.63, 3.8) is 0 Å². The number of anilines is 2. The number of nitrogens with zero attached hydrogens (tertiary/aromatic N) is 1. The third-order valence-corrected chi connectivity index (χ3v) is 5.99. The largest absolute Gasteiger partial charge is 0.497 e. The number of hydrogen-bond donors (Lipinski definition) is 1. The van der Waals surface area contributed by atoms with E-state index in [4.69, 9.17) is 4.74 Å². The Hall–Kier alpha value is -3.60. The van der Waals surface area contributed by atoms with E-state index in [2.05, 4.69) is 5.32 Å². The third kappa shape index (κ3) is 3.46. The molecule has 1 saturated heterocycles. The first kappa shape index (κ1) is 20.7. The summed E-state index contributed by atoms with van der Waals surface area (Å²) in [5, 5.41) is 3.12. The number of amides is 2. The smallest absolute Gasteiger partial charge is 0.255 e. The first-order valence-corrected chi connectivity index (χ1v) is 10.3. The highest BCUT2D eigenvalue weighted by molar-refractivity contribution is 6.17. The van der Waals surface area contributed by atoms with Crippen LogP contribution in [0.5, 0.6) is 5.75 Å². The van der Waals surface area contributed by atoms with Crippen LogP contribution in [0.25, 0.3) is 0 Å². The lowest BCUT2D eigenvalue weighted by atomic mass is 9.75. The van der Waals surface area contributed by atoms with Crippen molar-refractivity contribution in [2.24, 2.45) is 0 Å². The van der Waals surface area contributed by atoms with Crippen LogP contribution in [-0.4, -0.2) is 18.9 Å². The molecule has 2 amide bonds. The average Bonchev–Trinajstić information content (AvgIpc) is 2.76. The van der Waals surface area contributed by atoms with Crippen LogP contribution in [0.1, 0.15) is 28.7 Å². The molecule has 0 spiro atoms. The molecule has 0 radical (unpaired) electrons. The molecule has 1 heterocycles. The fourth-order valence-electron chi connectivity index (χ4n) is 4.20. The van der Waals surface area contributed by atoms with Gasteiger partial charge in [0.05, 0.1) is 13.5 Å². The SMILES string of the molecule is COc1ccc(C2(C(=O)Nc3c(C)cccc3C)CC(=O)N2c2ccc(C)cc2)cc1. The topological polar surface area (TPSA) is 58.6 Å². The van der Waals surface area contributed by atoms with Gasteiger partial charge in [-0.2, -0.15) is 0 Å². The Morgan fingerprint density at radius 1 is 0.935 bits per heavy atom. The van der Waals surface area contributed by atoms with Crippen molar-refractivity contribution in [3.8, 4) is 5.75 Å². The number of nitrogens with one attached hydrogen (secondary N) is 1. The molecule has 5 nitrogen and oxygen atoms in total. The Balaban J connectivity index is 1.82. The first-order chi connectivity index (χ1) is 14.9. The summed E-state index contributed by atoms with van der Waals surface area (Å²) in [6, 6.07) is 20.9. The van der Waals surface area contributed by atoms with Crippen LogP contribution in [0, 0.1) is 20.8 Å². The molecule has 0 bridgehead atoms. The van der Waals surface area contributed by atoms with Gasteiger partial charge in [-0.1, -0.05) is 48.0 Å². The summed E-state index contributed by atoms with van der Waals surface area (Å²) in [7, 11) is 1.60. The Morgan fingerprint density at radius 2 is 1.55 bits per heavy atom. The molecule has 0 saturated carbocycles. The Morgan fingerprint density at radius 3 is 2.10 bits per heavy atom. The van der Waals surface area contributed by atoms with Gasteiger partial charge in [0.25, 0.3) is 5.91 Å². The number of methoxy groups -OCH3 is 1. The van der Waals surface area contributed by atoms with Crippen LogP contribution in [0.15, 0.2) is 66.7 Å². The molecule has 1 unspecified atom stereocenters. The van der Waals surface area contributed by atoms with Crippen molar-refractivity contribution in [2.45, 2.75) is 32.7 Å². The second-order valence-electron chi connectivity index (χ2n) is 8.05. The second-order valence-corrected chi connectivity index (χ2v) is 8.05. The maximum Gasteiger partial charge on any atom is 0.255 e. The summed E-state index contributed by atoms with van der Waals surface area (Å²) in [5.74, 6) is 0.383. The van der Waals surface area contributed by atoms with Crippen molar-refractivity contribution in [3.05, 3.63) is 89.0 Å². The zero-order valence-corrected chi connectivity index (χ0v) is 18.2. The van der Waals surface area contributed by atoms with Crippen LogP contribution in [0.2, 0.25) is 0 Å².